The molecular formula is C56H48Cl2F2N2O8. The van der Waals surface area contributed by atoms with Crippen molar-refractivity contribution < 1.29 is 46.8 Å². The first-order valence-electron chi connectivity index (χ1n) is 23.0. The molecule has 2 aliphatic rings. The summed E-state index contributed by atoms with van der Waals surface area (Å²) in [4.78, 5) is 29.0. The predicted octanol–water partition coefficient (Wildman–Crippen LogP) is 12.2. The number of nitrogens with zero attached hydrogens (tertiary/aromatic N) is 1. The van der Waals surface area contributed by atoms with Gasteiger partial charge in [0.2, 0.25) is 0 Å². The van der Waals surface area contributed by atoms with Crippen molar-refractivity contribution >= 4 is 35.3 Å². The van der Waals surface area contributed by atoms with Gasteiger partial charge in [0.1, 0.15) is 34.4 Å². The zero-order chi connectivity index (χ0) is 48.6. The van der Waals surface area contributed by atoms with Crippen molar-refractivity contribution in [2.24, 2.45) is 5.92 Å². The molecule has 6 aromatic carbocycles. The van der Waals surface area contributed by atoms with E-state index < -0.39 is 36.4 Å². The maximum atomic E-state index is 14.9. The van der Waals surface area contributed by atoms with Gasteiger partial charge in [0.25, 0.3) is 0 Å². The number of ether oxygens (including phenoxy) is 5. The first kappa shape index (κ1) is 48.1. The molecule has 70 heavy (non-hydrogen) atoms. The highest BCUT2D eigenvalue weighted by Gasteiger charge is 2.39. The fraction of sp³-hybridized carbons (Fsp3) is 0.232. The molecule has 1 amide bonds. The fourth-order valence-electron chi connectivity index (χ4n) is 9.01. The highest BCUT2D eigenvalue weighted by atomic mass is 35.5. The Morgan fingerprint density at radius 3 is 1.80 bits per heavy atom. The number of rotatable bonds is 20. The number of carbonyl (C=O) groups excluding carboxylic acids is 2. The number of esters is 1. The summed E-state index contributed by atoms with van der Waals surface area (Å²) in [6, 6.07) is 47.9. The average molecular weight is 986 g/mol. The van der Waals surface area contributed by atoms with Crippen molar-refractivity contribution in [3.05, 3.63) is 224 Å². The van der Waals surface area contributed by atoms with Crippen LogP contribution in [0, 0.1) is 11.1 Å². The number of alkyl halides is 2. The van der Waals surface area contributed by atoms with Crippen molar-refractivity contribution in [1.29, 1.82) is 0 Å². The van der Waals surface area contributed by atoms with Crippen LogP contribution >= 0.6 is 23.2 Å². The fourth-order valence-corrected chi connectivity index (χ4v) is 9.61. The van der Waals surface area contributed by atoms with E-state index in [2.05, 4.69) is 5.32 Å². The summed E-state index contributed by atoms with van der Waals surface area (Å²) < 4.78 is 57.9. The molecule has 358 valence electrons. The number of alkyl carbamates (subject to hydrolysis) is 1. The van der Waals surface area contributed by atoms with Gasteiger partial charge in [0, 0.05) is 24.3 Å². The SMILES string of the molecule is O=C(N[C@H](CCOC(c1ccccc1)(c1ccccc1)c1ccccc1)C(=O)O[C@@H](Cc1c(Cl)c[n+]([O-])cc1Cl)c1ccc(OC(F)F)c(OCC2CC2)c1)OCC1c2ccccc2-c2ccccc21. The minimum absolute atomic E-state index is 0.00722. The number of benzene rings is 6. The first-order chi connectivity index (χ1) is 34.1. The zero-order valence-electron chi connectivity index (χ0n) is 37.7. The van der Waals surface area contributed by atoms with Gasteiger partial charge in [-0.2, -0.15) is 13.5 Å². The molecule has 1 N–H and O–H groups in total. The minimum atomic E-state index is -3.14. The molecule has 10 nitrogen and oxygen atoms in total. The lowest BCUT2D eigenvalue weighted by atomic mass is 9.80. The number of fused-ring (bicyclic) bond motifs is 3. The van der Waals surface area contributed by atoms with Crippen LogP contribution in [0.2, 0.25) is 10.0 Å². The van der Waals surface area contributed by atoms with Gasteiger partial charge in [0.05, 0.1) is 13.2 Å². The van der Waals surface area contributed by atoms with Crippen LogP contribution in [0.25, 0.3) is 11.1 Å². The molecular weight excluding hydrogens is 938 g/mol. The summed E-state index contributed by atoms with van der Waals surface area (Å²) in [5.41, 5.74) is 6.00. The number of nitrogens with one attached hydrogen (secondary N) is 1. The number of aromatic nitrogens is 1. The van der Waals surface area contributed by atoms with Crippen LogP contribution in [0.3, 0.4) is 0 Å². The highest BCUT2D eigenvalue weighted by molar-refractivity contribution is 6.35. The second kappa shape index (κ2) is 21.8. The second-order valence-corrected chi connectivity index (χ2v) is 18.0. The van der Waals surface area contributed by atoms with Crippen LogP contribution < -0.4 is 19.5 Å². The van der Waals surface area contributed by atoms with Gasteiger partial charge in [0.15, 0.2) is 23.9 Å². The number of carbonyl (C=O) groups is 2. The van der Waals surface area contributed by atoms with E-state index in [9.17, 15) is 23.6 Å². The van der Waals surface area contributed by atoms with Gasteiger partial charge in [-0.25, -0.2) is 9.59 Å². The maximum Gasteiger partial charge on any atom is 0.407 e. The Bertz CT molecular complexity index is 2760. The van der Waals surface area contributed by atoms with Crippen molar-refractivity contribution in [3.8, 4) is 22.6 Å². The van der Waals surface area contributed by atoms with Gasteiger partial charge in [-0.15, -0.1) is 0 Å². The van der Waals surface area contributed by atoms with E-state index in [1.165, 1.54) is 18.2 Å². The van der Waals surface area contributed by atoms with Gasteiger partial charge < -0.3 is 34.2 Å². The predicted molar refractivity (Wildman–Crippen MR) is 261 cm³/mol. The second-order valence-electron chi connectivity index (χ2n) is 17.2. The molecule has 0 bridgehead atoms. The van der Waals surface area contributed by atoms with Crippen LogP contribution in [0.5, 0.6) is 11.5 Å². The minimum Gasteiger partial charge on any atom is -0.619 e. The Labute approximate surface area is 414 Å². The van der Waals surface area contributed by atoms with Crippen molar-refractivity contribution in [2.45, 2.75) is 56.0 Å². The molecule has 0 aliphatic heterocycles. The third-order valence-corrected chi connectivity index (χ3v) is 13.3. The van der Waals surface area contributed by atoms with E-state index in [4.69, 9.17) is 46.9 Å². The van der Waals surface area contributed by atoms with Crippen LogP contribution in [0.4, 0.5) is 13.6 Å². The van der Waals surface area contributed by atoms with Crippen molar-refractivity contribution in [1.82, 2.24) is 5.32 Å². The third-order valence-electron chi connectivity index (χ3n) is 12.6. The molecule has 1 fully saturated rings. The maximum absolute atomic E-state index is 14.9. The largest absolute Gasteiger partial charge is 0.619 e. The number of amides is 1. The lowest BCUT2D eigenvalue weighted by molar-refractivity contribution is -0.605. The quantitative estimate of drug-likeness (QED) is 0.0347. The molecule has 0 saturated heterocycles. The monoisotopic (exact) mass is 984 g/mol. The molecule has 1 saturated carbocycles. The van der Waals surface area contributed by atoms with Gasteiger partial charge in [-0.3, -0.25) is 0 Å². The molecule has 1 aromatic heterocycles. The normalized spacial score (nSPS) is 14.0. The Morgan fingerprint density at radius 1 is 0.714 bits per heavy atom. The Kier molecular flexibility index (Phi) is 14.9. The molecule has 0 spiro atoms. The smallest absolute Gasteiger partial charge is 0.407 e. The van der Waals surface area contributed by atoms with Gasteiger partial charge in [-0.05, 0) is 75.4 Å². The summed E-state index contributed by atoms with van der Waals surface area (Å²) in [7, 11) is 0. The highest BCUT2D eigenvalue weighted by Crippen LogP contribution is 2.45. The van der Waals surface area contributed by atoms with E-state index in [1.54, 1.807) is 0 Å². The molecule has 14 heteroatoms. The van der Waals surface area contributed by atoms with Crippen molar-refractivity contribution in [3.63, 3.8) is 0 Å². The molecule has 9 rings (SSSR count). The number of halogens is 4. The number of hydrogen-bond donors (Lipinski definition) is 1. The van der Waals surface area contributed by atoms with Gasteiger partial charge >= 0.3 is 18.7 Å². The number of hydrogen-bond acceptors (Lipinski definition) is 8. The Morgan fingerprint density at radius 2 is 1.26 bits per heavy atom. The van der Waals surface area contributed by atoms with E-state index in [0.717, 1.165) is 64.2 Å². The topological polar surface area (TPSA) is 119 Å². The summed E-state index contributed by atoms with van der Waals surface area (Å²) >= 11 is 13.2. The third kappa shape index (κ3) is 10.9. The lowest BCUT2D eigenvalue weighted by Gasteiger charge is -2.36. The Hall–Kier alpha value is -6.99. The number of pyridine rings is 1. The van der Waals surface area contributed by atoms with Crippen LogP contribution in [0.15, 0.2) is 170 Å². The van der Waals surface area contributed by atoms with Crippen LogP contribution in [0.1, 0.15) is 70.2 Å². The van der Waals surface area contributed by atoms with Crippen LogP contribution in [-0.2, 0) is 31.0 Å². The Balaban J connectivity index is 1.05. The van der Waals surface area contributed by atoms with Gasteiger partial charge in [-0.1, -0.05) is 169 Å². The van der Waals surface area contributed by atoms with Crippen molar-refractivity contribution in [2.75, 3.05) is 19.8 Å². The standard InChI is InChI=1S/C56H48Cl2F2N2O8/c57-47-32-62(65)33-48(58)45(47)31-51(37-26-27-50(70-54(59)60)52(30-37)66-34-36-24-25-36)69-53(63)49(61-55(64)67-35-46-43-22-12-10-20-41(43)42-21-11-13-23-44(42)46)28-29-68-56(38-14-4-1-5-15-38,39-16-6-2-7-17-39)40-18-8-3-9-19-40/h1-23,26-27,30,32-33,36,46,49,51,54H,24-25,28-29,31,34-35H2,(H,61,64)/t49-,51+/m1/s1. The molecule has 1 heterocycles. The molecule has 0 radical (unpaired) electrons. The van der Waals surface area contributed by atoms with Crippen LogP contribution in [-0.4, -0.2) is 44.5 Å². The average Bonchev–Trinajstić information content (AvgIpc) is 4.15. The zero-order valence-corrected chi connectivity index (χ0v) is 39.2. The first-order valence-corrected chi connectivity index (χ1v) is 23.7. The molecule has 0 unspecified atom stereocenters. The summed E-state index contributed by atoms with van der Waals surface area (Å²) in [6.45, 7) is -3.00. The summed E-state index contributed by atoms with van der Waals surface area (Å²) in [5.74, 6) is -1.09. The molecule has 2 aliphatic carbocycles. The van der Waals surface area contributed by atoms with E-state index in [1.807, 2.05) is 140 Å². The van der Waals surface area contributed by atoms with E-state index in [-0.39, 0.29) is 71.6 Å². The molecule has 2 atom stereocenters. The van der Waals surface area contributed by atoms with E-state index >= 15 is 0 Å². The van der Waals surface area contributed by atoms with E-state index in [0.29, 0.717) is 10.3 Å². The molecule has 7 aromatic rings. The summed E-state index contributed by atoms with van der Waals surface area (Å²) in [6.07, 6.45) is 1.71. The lowest BCUT2D eigenvalue weighted by Crippen LogP contribution is -2.44. The summed E-state index contributed by atoms with van der Waals surface area (Å²) in [5, 5.41) is 15.1.